The second kappa shape index (κ2) is 12.1. The molecule has 4 nitrogen and oxygen atoms in total. The molecule has 0 spiro atoms. The van der Waals surface area contributed by atoms with E-state index >= 15 is 0 Å². The standard InChI is InChI=1S/C17H16BN2.C14H12N2.Ir/c1-14-8-7-9-15(2)17(14)20-13-6-4-11-18(20)16-10-3-5-12-19-16;1-15-11-16(12-7-3-2-4-8-12)14-10-6-5-9-13(14)15;/h3-10,12-13H,1-2H3;2-7,9-11H,1H3;/q-1;-2;+3. The van der Waals surface area contributed by atoms with Gasteiger partial charge in [0.1, 0.15) is 0 Å². The first-order valence-electron chi connectivity index (χ1n) is 12.1. The molecule has 0 amide bonds. The van der Waals surface area contributed by atoms with Crippen LogP contribution < -0.4 is 20.2 Å². The van der Waals surface area contributed by atoms with Crippen LogP contribution in [-0.4, -0.2) is 18.9 Å². The van der Waals surface area contributed by atoms with E-state index < -0.39 is 0 Å². The largest absolute Gasteiger partial charge is 3.00 e. The number of para-hydroxylation sites is 4. The van der Waals surface area contributed by atoms with Gasteiger partial charge in [-0.25, -0.2) is 6.08 Å². The maximum absolute atomic E-state index is 4.48. The Labute approximate surface area is 234 Å². The summed E-state index contributed by atoms with van der Waals surface area (Å²) in [5.41, 5.74) is 8.26. The molecule has 0 bridgehead atoms. The zero-order chi connectivity index (χ0) is 24.9. The molecule has 6 heteroatoms. The summed E-state index contributed by atoms with van der Waals surface area (Å²) < 4.78 is 0. The van der Waals surface area contributed by atoms with Gasteiger partial charge < -0.3 is 14.6 Å². The smallest absolute Gasteiger partial charge is 0.504 e. The van der Waals surface area contributed by atoms with Gasteiger partial charge in [-0.1, -0.05) is 42.6 Å². The minimum absolute atomic E-state index is 0. The van der Waals surface area contributed by atoms with Crippen LogP contribution in [0, 0.1) is 32.6 Å². The molecule has 37 heavy (non-hydrogen) atoms. The zero-order valence-electron chi connectivity index (χ0n) is 21.2. The maximum Gasteiger partial charge on any atom is 3.00 e. The number of allylic oxidation sites excluding steroid dienone is 2. The predicted molar refractivity (Wildman–Crippen MR) is 152 cm³/mol. The SMILES string of the molecule is CN1[CH-]N(c2[c-]cccc2)c2ccccc21.Cc1cccc(C)c1N1C=CC=[C-]B1c1ccccn1.[Ir+3]. The number of aromatic nitrogens is 1. The van der Waals surface area contributed by atoms with Crippen molar-refractivity contribution in [2.75, 3.05) is 21.7 Å². The number of hydrogen-bond donors (Lipinski definition) is 0. The van der Waals surface area contributed by atoms with Crippen molar-refractivity contribution in [1.29, 1.82) is 0 Å². The number of nitrogens with zero attached hydrogens (tertiary/aromatic N) is 4. The van der Waals surface area contributed by atoms with Crippen LogP contribution in [0.5, 0.6) is 0 Å². The van der Waals surface area contributed by atoms with Gasteiger partial charge in [-0.05, 0) is 56.3 Å². The Morgan fingerprint density at radius 2 is 1.57 bits per heavy atom. The molecule has 1 aromatic heterocycles. The fourth-order valence-corrected chi connectivity index (χ4v) is 4.62. The van der Waals surface area contributed by atoms with Crippen LogP contribution in [-0.2, 0) is 20.1 Å². The molecule has 0 saturated heterocycles. The predicted octanol–water partition coefficient (Wildman–Crippen LogP) is 6.02. The summed E-state index contributed by atoms with van der Waals surface area (Å²) in [4.78, 5) is 11.0. The van der Waals surface area contributed by atoms with Gasteiger partial charge in [0, 0.05) is 28.9 Å². The topological polar surface area (TPSA) is 22.6 Å². The molecule has 2 aliphatic heterocycles. The van der Waals surface area contributed by atoms with Crippen LogP contribution in [0.2, 0.25) is 0 Å². The summed E-state index contributed by atoms with van der Waals surface area (Å²) >= 11 is 0. The molecule has 3 heterocycles. The third kappa shape index (κ3) is 5.71. The number of hydrogen-bond acceptors (Lipinski definition) is 4. The molecule has 0 aliphatic carbocycles. The van der Waals surface area contributed by atoms with Crippen molar-refractivity contribution in [3.05, 3.63) is 139 Å². The van der Waals surface area contributed by atoms with Gasteiger partial charge in [0.05, 0.1) is 0 Å². The fourth-order valence-electron chi connectivity index (χ4n) is 4.62. The third-order valence-corrected chi connectivity index (χ3v) is 6.30. The molecule has 2 aliphatic rings. The van der Waals surface area contributed by atoms with Gasteiger partial charge in [0.2, 0.25) is 6.85 Å². The maximum atomic E-state index is 4.48. The van der Waals surface area contributed by atoms with Crippen LogP contribution in [0.15, 0.2) is 109 Å². The second-order valence-electron chi connectivity index (χ2n) is 8.81. The van der Waals surface area contributed by atoms with Gasteiger partial charge in [-0.2, -0.15) is 43.1 Å². The van der Waals surface area contributed by atoms with E-state index in [9.17, 15) is 0 Å². The Morgan fingerprint density at radius 3 is 2.27 bits per heavy atom. The summed E-state index contributed by atoms with van der Waals surface area (Å²) in [6, 6.07) is 32.0. The second-order valence-corrected chi connectivity index (χ2v) is 8.81. The number of aryl methyl sites for hydroxylation is 2. The van der Waals surface area contributed by atoms with Gasteiger partial charge in [-0.3, -0.25) is 11.0 Å². The van der Waals surface area contributed by atoms with Crippen LogP contribution in [0.1, 0.15) is 11.1 Å². The van der Waals surface area contributed by atoms with Gasteiger partial charge in [0.25, 0.3) is 0 Å². The van der Waals surface area contributed by atoms with Crippen molar-refractivity contribution in [1.82, 2.24) is 4.98 Å². The van der Waals surface area contributed by atoms with E-state index in [1.807, 2.05) is 54.7 Å². The molecule has 0 radical (unpaired) electrons. The van der Waals surface area contributed by atoms with Crippen molar-refractivity contribution in [2.45, 2.75) is 13.8 Å². The first-order chi connectivity index (χ1) is 17.6. The molecule has 0 unspecified atom stereocenters. The monoisotopic (exact) mass is 660 g/mol. The summed E-state index contributed by atoms with van der Waals surface area (Å²) in [5.74, 6) is 3.39. The average Bonchev–Trinajstić information content (AvgIpc) is 3.27. The van der Waals surface area contributed by atoms with Crippen molar-refractivity contribution < 1.29 is 20.1 Å². The minimum atomic E-state index is 0. The van der Waals surface area contributed by atoms with E-state index in [-0.39, 0.29) is 27.0 Å². The van der Waals surface area contributed by atoms with E-state index in [0.717, 1.165) is 11.3 Å². The number of benzene rings is 3. The number of fused-ring (bicyclic) bond motifs is 1. The van der Waals surface area contributed by atoms with Crippen molar-refractivity contribution in [2.24, 2.45) is 0 Å². The Balaban J connectivity index is 0.000000172. The van der Waals surface area contributed by atoms with E-state index in [4.69, 9.17) is 0 Å². The zero-order valence-corrected chi connectivity index (χ0v) is 23.6. The van der Waals surface area contributed by atoms with Gasteiger partial charge in [-0.15, -0.1) is 5.69 Å². The molecule has 184 valence electrons. The Kier molecular flexibility index (Phi) is 8.65. The molecular weight excluding hydrogens is 631 g/mol. The molecule has 3 aromatic carbocycles. The van der Waals surface area contributed by atoms with E-state index in [2.05, 4.69) is 114 Å². The van der Waals surface area contributed by atoms with Crippen molar-refractivity contribution >= 4 is 35.2 Å². The number of rotatable bonds is 3. The normalized spacial score (nSPS) is 13.6. The summed E-state index contributed by atoms with van der Waals surface area (Å²) in [5, 5.41) is 0. The van der Waals surface area contributed by atoms with E-state index in [1.54, 1.807) is 0 Å². The number of anilines is 4. The Hall–Kier alpha value is -3.60. The van der Waals surface area contributed by atoms with E-state index in [1.165, 1.54) is 28.2 Å². The third-order valence-electron chi connectivity index (χ3n) is 6.30. The first kappa shape index (κ1) is 26.5. The quantitative estimate of drug-likeness (QED) is 0.198. The summed E-state index contributed by atoms with van der Waals surface area (Å²) in [6.07, 6.45) is 7.91. The summed E-state index contributed by atoms with van der Waals surface area (Å²) in [6.45, 7) is 6.39. The van der Waals surface area contributed by atoms with Crippen LogP contribution in [0.25, 0.3) is 0 Å². The van der Waals surface area contributed by atoms with Crippen LogP contribution >= 0.6 is 0 Å². The summed E-state index contributed by atoms with van der Waals surface area (Å²) in [7, 11) is 2.06. The minimum Gasteiger partial charge on any atom is -0.504 e. The molecule has 4 aromatic rings. The van der Waals surface area contributed by atoms with E-state index in [0.29, 0.717) is 0 Å². The van der Waals surface area contributed by atoms with Crippen LogP contribution in [0.4, 0.5) is 22.7 Å². The molecule has 0 saturated carbocycles. The average molecular weight is 660 g/mol. The fraction of sp³-hybridized carbons (Fsp3) is 0.0968. The van der Waals surface area contributed by atoms with Gasteiger partial charge >= 0.3 is 20.1 Å². The molecule has 0 fully saturated rings. The molecule has 0 atom stereocenters. The number of pyridine rings is 1. The Morgan fingerprint density at radius 1 is 0.838 bits per heavy atom. The first-order valence-corrected chi connectivity index (χ1v) is 12.1. The van der Waals surface area contributed by atoms with Crippen LogP contribution in [0.3, 0.4) is 0 Å². The van der Waals surface area contributed by atoms with Crippen molar-refractivity contribution in [3.8, 4) is 0 Å². The van der Waals surface area contributed by atoms with Crippen molar-refractivity contribution in [3.63, 3.8) is 0 Å². The molecule has 6 rings (SSSR count). The molecule has 0 N–H and O–H groups in total. The molecular formula is C31H28BIrN4. The Bertz CT molecular complexity index is 1350. The van der Waals surface area contributed by atoms with Gasteiger partial charge in [0.15, 0.2) is 0 Å².